The van der Waals surface area contributed by atoms with Gasteiger partial charge < -0.3 is 15.2 Å². The van der Waals surface area contributed by atoms with E-state index < -0.39 is 0 Å². The quantitative estimate of drug-likeness (QED) is 0.672. The molecule has 3 aromatic rings. The van der Waals surface area contributed by atoms with Crippen molar-refractivity contribution in [2.24, 2.45) is 0 Å². The molecule has 1 heterocycles. The summed E-state index contributed by atoms with van der Waals surface area (Å²) in [6.45, 7) is 4.42. The lowest BCUT2D eigenvalue weighted by atomic mass is 10.1. The molecular formula is C19H21N3O2. The molecule has 0 aliphatic rings. The van der Waals surface area contributed by atoms with Crippen LogP contribution in [0, 0.1) is 0 Å². The lowest BCUT2D eigenvalue weighted by molar-refractivity contribution is 0.242. The Morgan fingerprint density at radius 2 is 1.83 bits per heavy atom. The third kappa shape index (κ3) is 4.07. The van der Waals surface area contributed by atoms with Gasteiger partial charge in [-0.05, 0) is 44.2 Å². The third-order valence-electron chi connectivity index (χ3n) is 3.38. The van der Waals surface area contributed by atoms with Crippen LogP contribution < -0.4 is 15.2 Å². The van der Waals surface area contributed by atoms with Crippen molar-refractivity contribution in [2.75, 3.05) is 5.73 Å². The van der Waals surface area contributed by atoms with E-state index in [0.717, 1.165) is 28.5 Å². The maximum Gasteiger partial charge on any atom is 0.130 e. The van der Waals surface area contributed by atoms with E-state index in [2.05, 4.69) is 10.2 Å². The largest absolute Gasteiger partial charge is 0.491 e. The van der Waals surface area contributed by atoms with Crippen LogP contribution in [0.1, 0.15) is 19.5 Å². The Balaban J connectivity index is 1.69. The smallest absolute Gasteiger partial charge is 0.130 e. The normalized spacial score (nSPS) is 10.8. The van der Waals surface area contributed by atoms with Crippen molar-refractivity contribution >= 4 is 5.69 Å². The van der Waals surface area contributed by atoms with E-state index in [0.29, 0.717) is 12.3 Å². The predicted molar refractivity (Wildman–Crippen MR) is 95.0 cm³/mol. The fourth-order valence-corrected chi connectivity index (χ4v) is 2.35. The van der Waals surface area contributed by atoms with Gasteiger partial charge in [-0.25, -0.2) is 0 Å². The maximum atomic E-state index is 5.74. The molecule has 1 aromatic heterocycles. The Hall–Kier alpha value is -2.95. The predicted octanol–water partition coefficient (Wildman–Crippen LogP) is 4.03. The molecule has 0 atom stereocenters. The summed E-state index contributed by atoms with van der Waals surface area (Å²) in [5.74, 6) is 1.57. The molecule has 0 saturated carbocycles. The van der Waals surface area contributed by atoms with Gasteiger partial charge in [-0.1, -0.05) is 18.2 Å². The summed E-state index contributed by atoms with van der Waals surface area (Å²) < 4.78 is 11.4. The molecule has 0 fully saturated rings. The fourth-order valence-electron chi connectivity index (χ4n) is 2.35. The first-order valence-corrected chi connectivity index (χ1v) is 7.90. The van der Waals surface area contributed by atoms with Gasteiger partial charge in [0.25, 0.3) is 0 Å². The first-order valence-electron chi connectivity index (χ1n) is 7.90. The van der Waals surface area contributed by atoms with Gasteiger partial charge in [-0.2, -0.15) is 5.10 Å². The summed E-state index contributed by atoms with van der Waals surface area (Å²) in [4.78, 5) is 0. The third-order valence-corrected chi connectivity index (χ3v) is 3.38. The molecular weight excluding hydrogens is 302 g/mol. The van der Waals surface area contributed by atoms with Crippen LogP contribution in [0.4, 0.5) is 5.69 Å². The van der Waals surface area contributed by atoms with Crippen molar-refractivity contribution in [3.8, 4) is 22.8 Å². The number of hydrogen-bond acceptors (Lipinski definition) is 4. The van der Waals surface area contributed by atoms with Gasteiger partial charge >= 0.3 is 0 Å². The number of anilines is 1. The standard InChI is InChI=1S/C19H21N3O2/c1-13(2)24-18-8-3-5-14(9-18)19-11-16(21-22-19)12-23-17-7-4-6-15(20)10-17/h3-11,13H,12,20H2,1-2H3,(H,21,22). The van der Waals surface area contributed by atoms with Crippen molar-refractivity contribution in [1.29, 1.82) is 0 Å². The second kappa shape index (κ2) is 7.08. The lowest BCUT2D eigenvalue weighted by Crippen LogP contribution is -2.05. The second-order valence-electron chi connectivity index (χ2n) is 5.83. The number of aromatic amines is 1. The van der Waals surface area contributed by atoms with Crippen LogP contribution in [0.5, 0.6) is 11.5 Å². The first kappa shape index (κ1) is 15.9. The first-order chi connectivity index (χ1) is 11.6. The van der Waals surface area contributed by atoms with Crippen LogP contribution >= 0.6 is 0 Å². The Kier molecular flexibility index (Phi) is 4.70. The molecule has 0 spiro atoms. The summed E-state index contributed by atoms with van der Waals surface area (Å²) in [7, 11) is 0. The molecule has 124 valence electrons. The number of nitrogens with one attached hydrogen (secondary N) is 1. The molecule has 0 bridgehead atoms. The van der Waals surface area contributed by atoms with Gasteiger partial charge in [0.2, 0.25) is 0 Å². The summed E-state index contributed by atoms with van der Waals surface area (Å²) in [6, 6.07) is 17.2. The molecule has 5 nitrogen and oxygen atoms in total. The van der Waals surface area contributed by atoms with E-state index in [-0.39, 0.29) is 6.10 Å². The molecule has 3 N–H and O–H groups in total. The monoisotopic (exact) mass is 323 g/mol. The van der Waals surface area contributed by atoms with E-state index in [1.807, 2.05) is 62.4 Å². The van der Waals surface area contributed by atoms with Crippen molar-refractivity contribution in [1.82, 2.24) is 10.2 Å². The van der Waals surface area contributed by atoms with Crippen molar-refractivity contribution in [3.05, 3.63) is 60.3 Å². The molecule has 0 saturated heterocycles. The molecule has 0 unspecified atom stereocenters. The molecule has 0 radical (unpaired) electrons. The zero-order chi connectivity index (χ0) is 16.9. The SMILES string of the molecule is CC(C)Oc1cccc(-c2cc(COc3cccc(N)c3)[nH]n2)c1. The topological polar surface area (TPSA) is 73.2 Å². The van der Waals surface area contributed by atoms with Crippen LogP contribution in [0.15, 0.2) is 54.6 Å². The highest BCUT2D eigenvalue weighted by Crippen LogP contribution is 2.24. The Bertz CT molecular complexity index is 812. The average molecular weight is 323 g/mol. The van der Waals surface area contributed by atoms with E-state index in [4.69, 9.17) is 15.2 Å². The van der Waals surface area contributed by atoms with Gasteiger partial charge in [-0.15, -0.1) is 0 Å². The molecule has 3 rings (SSSR count). The van der Waals surface area contributed by atoms with E-state index in [1.54, 1.807) is 6.07 Å². The average Bonchev–Trinajstić information content (AvgIpc) is 3.02. The zero-order valence-electron chi connectivity index (χ0n) is 13.8. The highest BCUT2D eigenvalue weighted by molar-refractivity contribution is 5.61. The van der Waals surface area contributed by atoms with Crippen molar-refractivity contribution < 1.29 is 9.47 Å². The minimum atomic E-state index is 0.140. The number of benzene rings is 2. The molecule has 0 aliphatic carbocycles. The summed E-state index contributed by atoms with van der Waals surface area (Å²) in [6.07, 6.45) is 0.140. The number of nitrogens with two attached hydrogens (primary N) is 1. The van der Waals surface area contributed by atoms with Crippen LogP contribution in [0.3, 0.4) is 0 Å². The summed E-state index contributed by atoms with van der Waals surface area (Å²) in [5.41, 5.74) is 9.17. The van der Waals surface area contributed by atoms with Gasteiger partial charge in [-0.3, -0.25) is 5.10 Å². The van der Waals surface area contributed by atoms with Crippen LogP contribution in [-0.2, 0) is 6.61 Å². The Morgan fingerprint density at radius 1 is 1.04 bits per heavy atom. The minimum absolute atomic E-state index is 0.140. The number of nitrogen functional groups attached to an aromatic ring is 1. The van der Waals surface area contributed by atoms with Gasteiger partial charge in [0.15, 0.2) is 0 Å². The molecule has 24 heavy (non-hydrogen) atoms. The number of rotatable bonds is 6. The van der Waals surface area contributed by atoms with Crippen LogP contribution in [-0.4, -0.2) is 16.3 Å². The van der Waals surface area contributed by atoms with E-state index in [1.165, 1.54) is 0 Å². The molecule has 5 heteroatoms. The highest BCUT2D eigenvalue weighted by Gasteiger charge is 2.07. The van der Waals surface area contributed by atoms with Gasteiger partial charge in [0, 0.05) is 17.3 Å². The Morgan fingerprint density at radius 3 is 2.62 bits per heavy atom. The molecule has 2 aromatic carbocycles. The second-order valence-corrected chi connectivity index (χ2v) is 5.83. The minimum Gasteiger partial charge on any atom is -0.491 e. The van der Waals surface area contributed by atoms with Gasteiger partial charge in [0.05, 0.1) is 17.5 Å². The van der Waals surface area contributed by atoms with Crippen molar-refractivity contribution in [3.63, 3.8) is 0 Å². The zero-order valence-corrected chi connectivity index (χ0v) is 13.8. The van der Waals surface area contributed by atoms with E-state index >= 15 is 0 Å². The van der Waals surface area contributed by atoms with Crippen LogP contribution in [0.2, 0.25) is 0 Å². The summed E-state index contributed by atoms with van der Waals surface area (Å²) >= 11 is 0. The van der Waals surface area contributed by atoms with Crippen molar-refractivity contribution in [2.45, 2.75) is 26.6 Å². The lowest BCUT2D eigenvalue weighted by Gasteiger charge is -2.10. The highest BCUT2D eigenvalue weighted by atomic mass is 16.5. The Labute approximate surface area is 141 Å². The fraction of sp³-hybridized carbons (Fsp3) is 0.211. The van der Waals surface area contributed by atoms with E-state index in [9.17, 15) is 0 Å². The number of aromatic nitrogens is 2. The summed E-state index contributed by atoms with van der Waals surface area (Å²) in [5, 5.41) is 7.35. The maximum absolute atomic E-state index is 5.74. The molecule has 0 amide bonds. The van der Waals surface area contributed by atoms with Crippen LogP contribution in [0.25, 0.3) is 11.3 Å². The number of H-pyrrole nitrogens is 1. The van der Waals surface area contributed by atoms with Gasteiger partial charge in [0.1, 0.15) is 18.1 Å². The number of ether oxygens (including phenoxy) is 2. The number of nitrogens with zero attached hydrogens (tertiary/aromatic N) is 1. The molecule has 0 aliphatic heterocycles. The number of hydrogen-bond donors (Lipinski definition) is 2.